The van der Waals surface area contributed by atoms with Crippen molar-refractivity contribution < 1.29 is 38.4 Å². The lowest BCUT2D eigenvalue weighted by Gasteiger charge is -2.25. The molecule has 0 aromatic heterocycles. The number of amides is 2. The van der Waals surface area contributed by atoms with Gasteiger partial charge in [0.15, 0.2) is 11.4 Å². The maximum atomic E-state index is 13.2. The number of rotatable bonds is 20. The first kappa shape index (κ1) is 29.4. The van der Waals surface area contributed by atoms with Gasteiger partial charge in [-0.2, -0.15) is 0 Å². The van der Waals surface area contributed by atoms with Crippen molar-refractivity contribution in [2.24, 2.45) is 5.92 Å². The number of epoxide rings is 1. The number of aliphatic hydroxyl groups excluding tert-OH is 1. The molecule has 2 amide bonds. The highest BCUT2D eigenvalue weighted by atomic mass is 16.7. The quantitative estimate of drug-likeness (QED) is 0.135. The number of methoxy groups -OCH3 is 1. The van der Waals surface area contributed by atoms with Gasteiger partial charge in [0.1, 0.15) is 12.8 Å². The molecule has 1 saturated heterocycles. The summed E-state index contributed by atoms with van der Waals surface area (Å²) in [7, 11) is 1.57. The van der Waals surface area contributed by atoms with Gasteiger partial charge in [-0.3, -0.25) is 14.4 Å². The average molecular weight is 475 g/mol. The van der Waals surface area contributed by atoms with E-state index in [1.807, 2.05) is 13.8 Å². The van der Waals surface area contributed by atoms with Gasteiger partial charge in [-0.15, -0.1) is 0 Å². The van der Waals surface area contributed by atoms with E-state index in [4.69, 9.17) is 18.9 Å². The van der Waals surface area contributed by atoms with Crippen LogP contribution in [0, 0.1) is 5.92 Å². The van der Waals surface area contributed by atoms with E-state index in [-0.39, 0.29) is 37.6 Å². The van der Waals surface area contributed by atoms with Crippen LogP contribution in [0.1, 0.15) is 59.3 Å². The summed E-state index contributed by atoms with van der Waals surface area (Å²) in [6.07, 6.45) is 4.45. The molecule has 0 aliphatic carbocycles. The van der Waals surface area contributed by atoms with Gasteiger partial charge < -0.3 is 34.7 Å². The first-order chi connectivity index (χ1) is 15.8. The largest absolute Gasteiger partial charge is 0.394 e. The van der Waals surface area contributed by atoms with Crippen molar-refractivity contribution in [1.82, 2.24) is 10.6 Å². The SMILES string of the molecule is CCCCCCC(=O)N[C@@H](CO)C(=O)NC(CC(C)C)C(=O)[C@@]1(COCOCCOC)CO1. The maximum Gasteiger partial charge on any atom is 0.245 e. The van der Waals surface area contributed by atoms with Crippen LogP contribution in [-0.4, -0.2) is 87.3 Å². The molecule has 3 atom stereocenters. The fourth-order valence-electron chi connectivity index (χ4n) is 3.32. The first-order valence-electron chi connectivity index (χ1n) is 11.8. The molecule has 33 heavy (non-hydrogen) atoms. The summed E-state index contributed by atoms with van der Waals surface area (Å²) in [5.41, 5.74) is -1.12. The summed E-state index contributed by atoms with van der Waals surface area (Å²) in [4.78, 5) is 38.1. The van der Waals surface area contributed by atoms with Crippen molar-refractivity contribution in [1.29, 1.82) is 0 Å². The molecule has 0 aromatic rings. The van der Waals surface area contributed by atoms with Gasteiger partial charge in [-0.05, 0) is 18.8 Å². The van der Waals surface area contributed by atoms with Gasteiger partial charge >= 0.3 is 0 Å². The summed E-state index contributed by atoms with van der Waals surface area (Å²) in [6, 6.07) is -1.94. The van der Waals surface area contributed by atoms with Crippen molar-refractivity contribution in [3.05, 3.63) is 0 Å². The zero-order valence-corrected chi connectivity index (χ0v) is 20.5. The highest BCUT2D eigenvalue weighted by molar-refractivity contribution is 5.98. The van der Waals surface area contributed by atoms with Gasteiger partial charge in [0, 0.05) is 13.5 Å². The van der Waals surface area contributed by atoms with Crippen LogP contribution in [0.25, 0.3) is 0 Å². The Hall–Kier alpha value is -1.59. The smallest absolute Gasteiger partial charge is 0.245 e. The summed E-state index contributed by atoms with van der Waals surface area (Å²) in [6.45, 7) is 6.43. The third-order valence-electron chi connectivity index (χ3n) is 5.31. The number of ketones is 1. The molecular weight excluding hydrogens is 432 g/mol. The Morgan fingerprint density at radius 3 is 2.36 bits per heavy atom. The van der Waals surface area contributed by atoms with Crippen LogP contribution in [0.2, 0.25) is 0 Å². The Labute approximate surface area is 197 Å². The van der Waals surface area contributed by atoms with Crippen LogP contribution in [-0.2, 0) is 33.3 Å². The highest BCUT2D eigenvalue weighted by Gasteiger charge is 2.55. The standard InChI is InChI=1S/C23H42N2O8/c1-5-6-7-8-9-20(27)24-19(13-26)22(29)25-18(12-17(2)3)21(28)23(15-33-23)14-32-16-31-11-10-30-4/h17-19,26H,5-16H2,1-4H3,(H,24,27)(H,25,29)/t18?,19-,23+/m0/s1. The van der Waals surface area contributed by atoms with E-state index in [1.165, 1.54) is 0 Å². The Kier molecular flexibility index (Phi) is 14.4. The molecular formula is C23H42N2O8. The van der Waals surface area contributed by atoms with E-state index >= 15 is 0 Å². The predicted octanol–water partition coefficient (Wildman–Crippen LogP) is 0.940. The lowest BCUT2D eigenvalue weighted by Crippen LogP contribution is -2.55. The number of ether oxygens (including phenoxy) is 4. The average Bonchev–Trinajstić information content (AvgIpc) is 3.57. The van der Waals surface area contributed by atoms with Crippen molar-refractivity contribution in [2.75, 3.05) is 46.9 Å². The van der Waals surface area contributed by atoms with Gasteiger partial charge in [-0.25, -0.2) is 0 Å². The topological polar surface area (TPSA) is 136 Å². The van der Waals surface area contributed by atoms with E-state index < -0.39 is 30.2 Å². The molecule has 1 aliphatic rings. The Morgan fingerprint density at radius 2 is 1.79 bits per heavy atom. The fourth-order valence-corrected chi connectivity index (χ4v) is 3.32. The summed E-state index contributed by atoms with van der Waals surface area (Å²) >= 11 is 0. The minimum atomic E-state index is -1.12. The monoisotopic (exact) mass is 474 g/mol. The lowest BCUT2D eigenvalue weighted by atomic mass is 9.92. The predicted molar refractivity (Wildman–Crippen MR) is 121 cm³/mol. The minimum Gasteiger partial charge on any atom is -0.394 e. The zero-order chi connectivity index (χ0) is 24.7. The van der Waals surface area contributed by atoms with Crippen LogP contribution in [0.3, 0.4) is 0 Å². The van der Waals surface area contributed by atoms with Crippen molar-refractivity contribution in [3.63, 3.8) is 0 Å². The van der Waals surface area contributed by atoms with Crippen LogP contribution < -0.4 is 10.6 Å². The van der Waals surface area contributed by atoms with E-state index in [0.717, 1.165) is 25.7 Å². The van der Waals surface area contributed by atoms with E-state index in [1.54, 1.807) is 7.11 Å². The number of hydrogen-bond donors (Lipinski definition) is 3. The molecule has 1 unspecified atom stereocenters. The van der Waals surface area contributed by atoms with Crippen LogP contribution in [0.15, 0.2) is 0 Å². The molecule has 10 nitrogen and oxygen atoms in total. The first-order valence-corrected chi connectivity index (χ1v) is 11.8. The second-order valence-electron chi connectivity index (χ2n) is 8.82. The number of aliphatic hydroxyl groups is 1. The Balaban J connectivity index is 2.62. The maximum absolute atomic E-state index is 13.2. The number of nitrogens with one attached hydrogen (secondary N) is 2. The van der Waals surface area contributed by atoms with E-state index in [9.17, 15) is 19.5 Å². The normalized spacial score (nSPS) is 19.2. The van der Waals surface area contributed by atoms with Gasteiger partial charge in [0.05, 0.1) is 39.1 Å². The highest BCUT2D eigenvalue weighted by Crippen LogP contribution is 2.31. The molecule has 0 saturated carbocycles. The van der Waals surface area contributed by atoms with Gasteiger partial charge in [0.2, 0.25) is 11.8 Å². The van der Waals surface area contributed by atoms with E-state index in [0.29, 0.717) is 26.1 Å². The fraction of sp³-hybridized carbons (Fsp3) is 0.870. The van der Waals surface area contributed by atoms with Gasteiger partial charge in [0.25, 0.3) is 0 Å². The van der Waals surface area contributed by atoms with Gasteiger partial charge in [-0.1, -0.05) is 40.0 Å². The summed E-state index contributed by atoms with van der Waals surface area (Å²) in [5.74, 6) is -1.06. The van der Waals surface area contributed by atoms with Crippen molar-refractivity contribution in [2.45, 2.75) is 77.0 Å². The molecule has 192 valence electrons. The molecule has 10 heteroatoms. The third kappa shape index (κ3) is 11.4. The zero-order valence-electron chi connectivity index (χ0n) is 20.5. The number of unbranched alkanes of at least 4 members (excludes halogenated alkanes) is 3. The molecule has 1 rings (SSSR count). The number of hydrogen-bond acceptors (Lipinski definition) is 8. The molecule has 1 heterocycles. The number of Topliss-reactive ketones (excluding diaryl/α,β-unsaturated/α-hetero) is 1. The van der Waals surface area contributed by atoms with Crippen LogP contribution in [0.5, 0.6) is 0 Å². The second kappa shape index (κ2) is 16.1. The minimum absolute atomic E-state index is 0.000168. The molecule has 0 spiro atoms. The Morgan fingerprint density at radius 1 is 1.06 bits per heavy atom. The Bertz CT molecular complexity index is 595. The molecule has 3 N–H and O–H groups in total. The van der Waals surface area contributed by atoms with Crippen LogP contribution >= 0.6 is 0 Å². The number of carbonyl (C=O) groups is 3. The molecule has 0 bridgehead atoms. The summed E-state index contributed by atoms with van der Waals surface area (Å²) in [5, 5.41) is 14.9. The molecule has 0 aromatic carbocycles. The summed E-state index contributed by atoms with van der Waals surface area (Å²) < 4.78 is 21.0. The lowest BCUT2D eigenvalue weighted by molar-refractivity contribution is -0.137. The second-order valence-corrected chi connectivity index (χ2v) is 8.82. The van der Waals surface area contributed by atoms with Crippen molar-refractivity contribution >= 4 is 17.6 Å². The molecule has 0 radical (unpaired) electrons. The number of carbonyl (C=O) groups excluding carboxylic acids is 3. The molecule has 1 fully saturated rings. The van der Waals surface area contributed by atoms with Crippen molar-refractivity contribution in [3.8, 4) is 0 Å². The van der Waals surface area contributed by atoms with Crippen LogP contribution in [0.4, 0.5) is 0 Å². The molecule has 1 aliphatic heterocycles. The van der Waals surface area contributed by atoms with E-state index in [2.05, 4.69) is 17.6 Å². The third-order valence-corrected chi connectivity index (χ3v) is 5.31.